The normalized spacial score (nSPS) is 20.9. The van der Waals surface area contributed by atoms with Crippen LogP contribution in [0.1, 0.15) is 44.6 Å². The zero-order chi connectivity index (χ0) is 17.6. The first-order chi connectivity index (χ1) is 12.2. The molecule has 0 bridgehead atoms. The summed E-state index contributed by atoms with van der Waals surface area (Å²) in [6, 6.07) is 7.84. The van der Waals surface area contributed by atoms with Gasteiger partial charge in [0.15, 0.2) is 11.6 Å². The summed E-state index contributed by atoms with van der Waals surface area (Å²) in [5, 5.41) is 0. The Bertz CT molecular complexity index is 713. The predicted octanol–water partition coefficient (Wildman–Crippen LogP) is 6.34. The Balaban J connectivity index is 1.54. The number of allylic oxidation sites excluding steroid dienone is 2. The number of nitrogens with zero attached hydrogens (tertiary/aromatic N) is 1. The maximum absolute atomic E-state index is 13.3. The van der Waals surface area contributed by atoms with Crippen LogP contribution in [0.2, 0.25) is 0 Å². The summed E-state index contributed by atoms with van der Waals surface area (Å²) in [6.07, 6.45) is 13.9. The minimum Gasteiger partial charge on any atom is -0.256 e. The molecule has 0 radical (unpaired) electrons. The Morgan fingerprint density at radius 2 is 1.84 bits per heavy atom. The number of pyridine rings is 1. The van der Waals surface area contributed by atoms with Gasteiger partial charge in [0.05, 0.1) is 5.69 Å². The lowest BCUT2D eigenvalue weighted by atomic mass is 9.79. The third kappa shape index (κ3) is 4.75. The molecule has 1 aromatic heterocycles. The smallest absolute Gasteiger partial charge is 0.159 e. The summed E-state index contributed by atoms with van der Waals surface area (Å²) in [6.45, 7) is 2.10. The zero-order valence-electron chi connectivity index (χ0n) is 14.7. The van der Waals surface area contributed by atoms with Crippen LogP contribution in [0.4, 0.5) is 8.78 Å². The molecule has 1 saturated carbocycles. The van der Waals surface area contributed by atoms with Crippen LogP contribution < -0.4 is 0 Å². The second-order valence-corrected chi connectivity index (χ2v) is 7.03. The number of halogens is 2. The maximum Gasteiger partial charge on any atom is 0.159 e. The van der Waals surface area contributed by atoms with Crippen LogP contribution in [0.15, 0.2) is 48.7 Å². The summed E-state index contributed by atoms with van der Waals surface area (Å²) in [4.78, 5) is 4.42. The van der Waals surface area contributed by atoms with E-state index in [2.05, 4.69) is 30.1 Å². The summed E-state index contributed by atoms with van der Waals surface area (Å²) in [5.41, 5.74) is 2.49. The van der Waals surface area contributed by atoms with Gasteiger partial charge in [-0.3, -0.25) is 4.98 Å². The van der Waals surface area contributed by atoms with Crippen molar-refractivity contribution in [1.29, 1.82) is 0 Å². The largest absolute Gasteiger partial charge is 0.256 e. The Hall–Kier alpha value is -2.03. The first-order valence-electron chi connectivity index (χ1n) is 9.19. The quantitative estimate of drug-likeness (QED) is 0.578. The Kier molecular flexibility index (Phi) is 5.95. The molecule has 1 fully saturated rings. The van der Waals surface area contributed by atoms with Crippen molar-refractivity contribution in [2.45, 2.75) is 45.4 Å². The lowest BCUT2D eigenvalue weighted by Crippen LogP contribution is -2.13. The molecule has 1 heterocycles. The first kappa shape index (κ1) is 17.8. The van der Waals surface area contributed by atoms with Crippen molar-refractivity contribution in [3.8, 4) is 11.3 Å². The standard InChI is InChI=1S/C22H25F2N/c1-2-3-16-4-6-17(7-5-16)8-9-18-10-13-22(25-15-18)19-11-12-20(23)21(24)14-19/h2-3,10-17H,4-9H2,1H3/b3-2+/t16-,17-. The van der Waals surface area contributed by atoms with E-state index < -0.39 is 11.6 Å². The van der Waals surface area contributed by atoms with Gasteiger partial charge in [-0.2, -0.15) is 0 Å². The van der Waals surface area contributed by atoms with Gasteiger partial charge in [0.1, 0.15) is 0 Å². The fourth-order valence-electron chi connectivity index (χ4n) is 3.71. The molecule has 25 heavy (non-hydrogen) atoms. The van der Waals surface area contributed by atoms with Crippen LogP contribution >= 0.6 is 0 Å². The number of aromatic nitrogens is 1. The van der Waals surface area contributed by atoms with E-state index in [1.807, 2.05) is 12.3 Å². The van der Waals surface area contributed by atoms with E-state index in [9.17, 15) is 8.78 Å². The monoisotopic (exact) mass is 341 g/mol. The van der Waals surface area contributed by atoms with Gasteiger partial charge >= 0.3 is 0 Å². The van der Waals surface area contributed by atoms with Crippen molar-refractivity contribution >= 4 is 0 Å². The molecule has 3 rings (SSSR count). The van der Waals surface area contributed by atoms with Crippen molar-refractivity contribution in [2.24, 2.45) is 11.8 Å². The van der Waals surface area contributed by atoms with Crippen molar-refractivity contribution in [3.05, 3.63) is 65.9 Å². The molecule has 132 valence electrons. The van der Waals surface area contributed by atoms with Crippen LogP contribution in [0.5, 0.6) is 0 Å². The number of aryl methyl sites for hydroxylation is 1. The SMILES string of the molecule is C/C=C/[C@H]1CC[C@H](CCc2ccc(-c3ccc(F)c(F)c3)nc2)CC1. The Labute approximate surface area is 148 Å². The Morgan fingerprint density at radius 1 is 1.04 bits per heavy atom. The molecule has 1 nitrogen and oxygen atoms in total. The molecule has 0 spiro atoms. The molecule has 0 N–H and O–H groups in total. The van der Waals surface area contributed by atoms with E-state index in [0.29, 0.717) is 11.3 Å². The molecule has 2 aromatic rings. The van der Waals surface area contributed by atoms with Gasteiger partial charge in [0, 0.05) is 11.8 Å². The average molecular weight is 341 g/mol. The number of benzene rings is 1. The second kappa shape index (κ2) is 8.37. The second-order valence-electron chi connectivity index (χ2n) is 7.03. The minimum absolute atomic E-state index is 0.604. The highest BCUT2D eigenvalue weighted by molar-refractivity contribution is 5.59. The van der Waals surface area contributed by atoms with Crippen LogP contribution in [0, 0.1) is 23.5 Å². The van der Waals surface area contributed by atoms with Gasteiger partial charge in [-0.1, -0.05) is 18.2 Å². The van der Waals surface area contributed by atoms with Gasteiger partial charge < -0.3 is 0 Å². The molecular formula is C22H25F2N. The molecular weight excluding hydrogens is 316 g/mol. The van der Waals surface area contributed by atoms with E-state index in [-0.39, 0.29) is 0 Å². The van der Waals surface area contributed by atoms with Crippen molar-refractivity contribution < 1.29 is 8.78 Å². The molecule has 0 atom stereocenters. The van der Waals surface area contributed by atoms with E-state index in [0.717, 1.165) is 24.3 Å². The number of rotatable bonds is 5. The van der Waals surface area contributed by atoms with Gasteiger partial charge in [-0.25, -0.2) is 8.78 Å². The molecule has 0 aliphatic heterocycles. The van der Waals surface area contributed by atoms with E-state index in [1.165, 1.54) is 43.7 Å². The molecule has 1 aliphatic rings. The molecule has 3 heteroatoms. The highest BCUT2D eigenvalue weighted by atomic mass is 19.2. The third-order valence-electron chi connectivity index (χ3n) is 5.24. The lowest BCUT2D eigenvalue weighted by Gasteiger charge is -2.26. The molecule has 0 amide bonds. The van der Waals surface area contributed by atoms with Crippen molar-refractivity contribution in [2.75, 3.05) is 0 Å². The van der Waals surface area contributed by atoms with Gasteiger partial charge in [0.25, 0.3) is 0 Å². The maximum atomic E-state index is 13.3. The summed E-state index contributed by atoms with van der Waals surface area (Å²) < 4.78 is 26.4. The molecule has 1 aromatic carbocycles. The number of hydrogen-bond acceptors (Lipinski definition) is 1. The fraction of sp³-hybridized carbons (Fsp3) is 0.409. The fourth-order valence-corrected chi connectivity index (χ4v) is 3.71. The lowest BCUT2D eigenvalue weighted by molar-refractivity contribution is 0.296. The summed E-state index contributed by atoms with van der Waals surface area (Å²) in [7, 11) is 0. The third-order valence-corrected chi connectivity index (χ3v) is 5.24. The average Bonchev–Trinajstić information content (AvgIpc) is 2.64. The number of hydrogen-bond donors (Lipinski definition) is 0. The van der Waals surface area contributed by atoms with Crippen LogP contribution in [-0.2, 0) is 6.42 Å². The molecule has 1 aliphatic carbocycles. The highest BCUT2D eigenvalue weighted by Crippen LogP contribution is 2.32. The predicted molar refractivity (Wildman–Crippen MR) is 98.2 cm³/mol. The summed E-state index contributed by atoms with van der Waals surface area (Å²) >= 11 is 0. The summed E-state index contributed by atoms with van der Waals surface area (Å²) in [5.74, 6) is -0.0768. The van der Waals surface area contributed by atoms with E-state index >= 15 is 0 Å². The topological polar surface area (TPSA) is 12.9 Å². The molecule has 0 saturated heterocycles. The van der Waals surface area contributed by atoms with Crippen molar-refractivity contribution in [1.82, 2.24) is 4.98 Å². The van der Waals surface area contributed by atoms with E-state index in [1.54, 1.807) is 6.07 Å². The van der Waals surface area contributed by atoms with Crippen molar-refractivity contribution in [3.63, 3.8) is 0 Å². The Morgan fingerprint density at radius 3 is 2.48 bits per heavy atom. The minimum atomic E-state index is -0.836. The highest BCUT2D eigenvalue weighted by Gasteiger charge is 2.19. The van der Waals surface area contributed by atoms with Crippen LogP contribution in [0.25, 0.3) is 11.3 Å². The van der Waals surface area contributed by atoms with Crippen LogP contribution in [0.3, 0.4) is 0 Å². The van der Waals surface area contributed by atoms with Gasteiger partial charge in [0.2, 0.25) is 0 Å². The van der Waals surface area contributed by atoms with Gasteiger partial charge in [-0.05, 0) is 87.1 Å². The van der Waals surface area contributed by atoms with Gasteiger partial charge in [-0.15, -0.1) is 0 Å². The van der Waals surface area contributed by atoms with Crippen LogP contribution in [-0.4, -0.2) is 4.98 Å². The molecule has 0 unspecified atom stereocenters. The first-order valence-corrected chi connectivity index (χ1v) is 9.19. The zero-order valence-corrected chi connectivity index (χ0v) is 14.7. The van der Waals surface area contributed by atoms with E-state index in [4.69, 9.17) is 0 Å².